The van der Waals surface area contributed by atoms with Crippen LogP contribution >= 0.6 is 18.9 Å². The number of nitrogens with zero attached hydrogens (tertiary/aromatic N) is 4. The number of likely N-dealkylation sites (tertiary alicyclic amines) is 1. The van der Waals surface area contributed by atoms with Crippen molar-refractivity contribution in [2.75, 3.05) is 33.2 Å². The molecule has 4 fully saturated rings. The maximum Gasteiger partial charge on any atom is 0.406 e. The maximum atomic E-state index is 15.0. The molecule has 0 spiro atoms. The van der Waals surface area contributed by atoms with Crippen molar-refractivity contribution in [3.05, 3.63) is 105 Å². The number of benzene rings is 3. The number of hydrogen-bond donors (Lipinski definition) is 7. The van der Waals surface area contributed by atoms with Gasteiger partial charge in [-0.2, -0.15) is 8.78 Å². The summed E-state index contributed by atoms with van der Waals surface area (Å²) in [5.74, 6) is 0.581. The lowest BCUT2D eigenvalue weighted by Gasteiger charge is -2.41. The lowest BCUT2D eigenvalue weighted by molar-refractivity contribution is -0.144. The van der Waals surface area contributed by atoms with E-state index in [0.717, 1.165) is 35.6 Å². The number of halogens is 4. The monoisotopic (exact) mass is 1210 g/mol. The maximum absolute atomic E-state index is 15.0. The number of alkyl halides is 2. The molecule has 9 rings (SSSR count). The molecule has 0 saturated carbocycles. The summed E-state index contributed by atoms with van der Waals surface area (Å²) in [6.07, 6.45) is 0.793. The van der Waals surface area contributed by atoms with E-state index in [4.69, 9.17) is 10.5 Å². The van der Waals surface area contributed by atoms with Gasteiger partial charge in [-0.05, 0) is 137 Å². The van der Waals surface area contributed by atoms with Crippen molar-refractivity contribution in [3.8, 4) is 11.8 Å². The molecule has 0 aliphatic carbocycles. The number of likely N-dealkylation sites (N-methyl/N-ethyl adjacent to an activating group) is 1. The summed E-state index contributed by atoms with van der Waals surface area (Å²) in [6.45, 7) is 1.20. The minimum absolute atomic E-state index is 0.0197. The van der Waals surface area contributed by atoms with Gasteiger partial charge in [0.05, 0.1) is 17.0 Å². The highest BCUT2D eigenvalue weighted by molar-refractivity contribution is 7.52. The van der Waals surface area contributed by atoms with Crippen LogP contribution in [0.1, 0.15) is 106 Å². The van der Waals surface area contributed by atoms with Crippen LogP contribution in [0.4, 0.5) is 22.4 Å². The summed E-state index contributed by atoms with van der Waals surface area (Å²) in [7, 11) is -4.17. The Hall–Kier alpha value is -7.44. The van der Waals surface area contributed by atoms with Gasteiger partial charge in [-0.1, -0.05) is 30.0 Å². The van der Waals surface area contributed by atoms with E-state index >= 15 is 4.39 Å². The van der Waals surface area contributed by atoms with Crippen molar-refractivity contribution in [2.24, 2.45) is 11.7 Å². The van der Waals surface area contributed by atoms with Gasteiger partial charge in [0.1, 0.15) is 36.7 Å². The highest BCUT2D eigenvalue weighted by Crippen LogP contribution is 2.59. The Kier molecular flexibility index (Phi) is 18.5. The lowest BCUT2D eigenvalue weighted by Crippen LogP contribution is -2.63. The van der Waals surface area contributed by atoms with Gasteiger partial charge < -0.3 is 55.2 Å². The fraction of sp³-hybridized carbons (Fsp3) is 0.446. The van der Waals surface area contributed by atoms with Gasteiger partial charge in [0.2, 0.25) is 23.6 Å². The largest absolute Gasteiger partial charge is 0.428 e. The fourth-order valence-corrected chi connectivity index (χ4v) is 13.2. The van der Waals surface area contributed by atoms with E-state index in [2.05, 4.69) is 33.1 Å². The van der Waals surface area contributed by atoms with Crippen LogP contribution in [0, 0.1) is 29.4 Å². The third-order valence-electron chi connectivity index (χ3n) is 16.1. The molecule has 1 aromatic heterocycles. The van der Waals surface area contributed by atoms with Gasteiger partial charge in [-0.3, -0.25) is 48.9 Å². The van der Waals surface area contributed by atoms with Crippen LogP contribution in [0.2, 0.25) is 0 Å². The van der Waals surface area contributed by atoms with Crippen molar-refractivity contribution in [1.82, 2.24) is 40.9 Å². The molecular formula is C56H60F4N9O13PS. The molecule has 5 aliphatic heterocycles. The van der Waals surface area contributed by atoms with Crippen molar-refractivity contribution in [3.63, 3.8) is 0 Å². The summed E-state index contributed by atoms with van der Waals surface area (Å²) in [5.41, 5.74) is 1.92. The van der Waals surface area contributed by atoms with Gasteiger partial charge in [0.15, 0.2) is 17.9 Å². The van der Waals surface area contributed by atoms with Crippen LogP contribution < -0.4 is 27.0 Å². The summed E-state index contributed by atoms with van der Waals surface area (Å²) >= 11 is 0.878. The zero-order valence-corrected chi connectivity index (χ0v) is 46.9. The molecule has 7 amide bonds. The zero-order valence-electron chi connectivity index (χ0n) is 45.1. The SMILES string of the molecule is CN1CC[C@H]2CC[C@@H](C(=O)N[C@H](C=O)C(N[C@H](C=O)C(c3ccc(F)c(F)c3)N3CCC(CCC#Cc4cccc5c4CN(C4CCC(=O)NC4=O)C5=O)CC3)OC(N)=O)N2C(=O)[C@@H](NC(=O)c2cc3cc(C(F)(F)P(=O)(O)O)ccc3s2)C1. The quantitative estimate of drug-likeness (QED) is 0.0187. The average Bonchev–Trinajstić information content (AvgIpc) is 4.37. The topological polar surface area (TPSA) is 307 Å². The molecule has 6 heterocycles. The number of primary amides is 1. The number of ether oxygens (including phenoxy) is 1. The number of hydrogen-bond acceptors (Lipinski definition) is 15. The van der Waals surface area contributed by atoms with Crippen LogP contribution in [0.25, 0.3) is 10.1 Å². The smallest absolute Gasteiger partial charge is 0.406 e. The molecule has 5 aliphatic rings. The Morgan fingerprint density at radius 3 is 2.38 bits per heavy atom. The molecule has 8 N–H and O–H groups in total. The van der Waals surface area contributed by atoms with E-state index in [9.17, 15) is 70.7 Å². The number of amides is 7. The second-order valence-electron chi connectivity index (χ2n) is 21.5. The number of piperidine rings is 2. The first-order chi connectivity index (χ1) is 40.0. The number of carbonyl (C=O) groups excluding carboxylic acids is 9. The van der Waals surface area contributed by atoms with Crippen LogP contribution in [0.3, 0.4) is 0 Å². The molecule has 22 nitrogen and oxygen atoms in total. The predicted octanol–water partition coefficient (Wildman–Crippen LogP) is 3.51. The first-order valence-electron chi connectivity index (χ1n) is 27.1. The van der Waals surface area contributed by atoms with Gasteiger partial charge in [0.25, 0.3) is 11.8 Å². The molecule has 3 aromatic carbocycles. The van der Waals surface area contributed by atoms with Crippen LogP contribution in [0.5, 0.6) is 0 Å². The Labute approximate surface area is 482 Å². The second-order valence-corrected chi connectivity index (χ2v) is 24.3. The molecule has 4 saturated heterocycles. The third kappa shape index (κ3) is 13.1. The third-order valence-corrected chi connectivity index (χ3v) is 18.2. The Morgan fingerprint density at radius 1 is 0.940 bits per heavy atom. The van der Waals surface area contributed by atoms with Crippen molar-refractivity contribution >= 4 is 83.1 Å². The number of fused-ring (bicyclic) bond motifs is 3. The molecule has 84 heavy (non-hydrogen) atoms. The predicted molar refractivity (Wildman–Crippen MR) is 292 cm³/mol. The van der Waals surface area contributed by atoms with E-state index in [1.807, 2.05) is 4.90 Å². The molecule has 0 bridgehead atoms. The average molecular weight is 1210 g/mol. The first-order valence-corrected chi connectivity index (χ1v) is 29.6. The van der Waals surface area contributed by atoms with Crippen LogP contribution in [-0.4, -0.2) is 159 Å². The van der Waals surface area contributed by atoms with Crippen LogP contribution in [0.15, 0.2) is 60.7 Å². The van der Waals surface area contributed by atoms with E-state index < -0.39 is 109 Å². The van der Waals surface area contributed by atoms with Crippen LogP contribution in [-0.2, 0) is 50.3 Å². The van der Waals surface area contributed by atoms with E-state index in [-0.39, 0.29) is 72.2 Å². The Balaban J connectivity index is 0.863. The molecule has 28 heteroatoms. The molecule has 446 valence electrons. The minimum atomic E-state index is -5.90. The number of aldehydes is 2. The standard InChI is InChI=1S/C56H60F4N9O13PS/c1-66-20-19-35-11-13-44(69(35)54(77)40(27-66)62-51(75)46-25-33-23-34(10-15-45(33)84-46)56(59,60)83(79,80)81)50(74)63-42(29-71)52(82-55(61)78)64-41(28-70)48(32-9-12-38(57)39(58)24-32)67-21-17-30(18-22-67)5-2-3-6-31-7-4-8-36-37(31)26-68(53(36)76)43-14-16-47(72)65-49(43)73/h4,7-10,12,15,23-25,28-30,35,40-44,48,52,64H,2,5,11,13-14,16-22,26-27H2,1H3,(H2,61,78)(H,62,75)(H,63,74)(H,65,72,73)(H2,79,80,81)/t35-,40+,41-,42-,43?,44+,48?,52?/m1/s1. The number of nitrogens with two attached hydrogens (primary N) is 1. The number of carbonyl (C=O) groups is 9. The van der Waals surface area contributed by atoms with Gasteiger partial charge in [-0.15, -0.1) is 11.3 Å². The Morgan fingerprint density at radius 2 is 1.69 bits per heavy atom. The summed E-state index contributed by atoms with van der Waals surface area (Å²) in [4.78, 5) is 144. The summed E-state index contributed by atoms with van der Waals surface area (Å²) in [5, 5.41) is 10.4. The molecular weight excluding hydrogens is 1150 g/mol. The highest BCUT2D eigenvalue weighted by atomic mass is 32.1. The highest BCUT2D eigenvalue weighted by Gasteiger charge is 2.51. The van der Waals surface area contributed by atoms with Crippen molar-refractivity contribution in [1.29, 1.82) is 0 Å². The normalized spacial score (nSPS) is 22.3. The zero-order chi connectivity index (χ0) is 60.4. The van der Waals surface area contributed by atoms with E-state index in [1.165, 1.54) is 28.0 Å². The van der Waals surface area contributed by atoms with E-state index in [0.29, 0.717) is 85.8 Å². The first kappa shape index (κ1) is 61.1. The molecule has 3 unspecified atom stereocenters. The van der Waals surface area contributed by atoms with Gasteiger partial charge >= 0.3 is 19.4 Å². The van der Waals surface area contributed by atoms with Crippen molar-refractivity contribution < 1.29 is 79.8 Å². The molecule has 4 aromatic rings. The second kappa shape index (κ2) is 25.4. The number of thiophene rings is 1. The fourth-order valence-electron chi connectivity index (χ4n) is 11.8. The van der Waals surface area contributed by atoms with E-state index in [1.54, 1.807) is 30.1 Å². The molecule has 0 radical (unpaired) electrons. The summed E-state index contributed by atoms with van der Waals surface area (Å²) in [6, 6.07) is 4.30. The number of nitrogens with one attached hydrogen (secondary N) is 4. The molecule has 8 atom stereocenters. The lowest BCUT2D eigenvalue weighted by atomic mass is 9.89. The van der Waals surface area contributed by atoms with Gasteiger partial charge in [-0.25, -0.2) is 13.6 Å². The minimum Gasteiger partial charge on any atom is -0.428 e. The van der Waals surface area contributed by atoms with Crippen molar-refractivity contribution in [2.45, 2.75) is 119 Å². The summed E-state index contributed by atoms with van der Waals surface area (Å²) < 4.78 is 75.8. The number of imide groups is 1. The van der Waals surface area contributed by atoms with Gasteiger partial charge in [0, 0.05) is 53.4 Å². The number of rotatable bonds is 18. The Bertz CT molecular complexity index is 3400.